The van der Waals surface area contributed by atoms with Gasteiger partial charge in [-0.15, -0.1) is 0 Å². The number of amides is 1. The third kappa shape index (κ3) is 4.49. The first kappa shape index (κ1) is 14.8. The summed E-state index contributed by atoms with van der Waals surface area (Å²) in [5, 5.41) is 2.87. The van der Waals surface area contributed by atoms with Gasteiger partial charge in [0, 0.05) is 30.4 Å². The lowest BCUT2D eigenvalue weighted by Gasteiger charge is -2.08. The van der Waals surface area contributed by atoms with Gasteiger partial charge in [0.15, 0.2) is 0 Å². The maximum absolute atomic E-state index is 11.9. The number of pyridine rings is 1. The molecule has 21 heavy (non-hydrogen) atoms. The van der Waals surface area contributed by atoms with E-state index in [0.29, 0.717) is 31.0 Å². The smallest absolute Gasteiger partial charge is 0.220 e. The number of hydrogen-bond donors (Lipinski definition) is 2. The molecule has 110 valence electrons. The second-order valence-corrected chi connectivity index (χ2v) is 4.69. The van der Waals surface area contributed by atoms with Crippen molar-refractivity contribution >= 4 is 11.6 Å². The van der Waals surface area contributed by atoms with Gasteiger partial charge in [-0.25, -0.2) is 4.98 Å². The Morgan fingerprint density at radius 2 is 2.19 bits per heavy atom. The number of nitrogens with one attached hydrogen (secondary N) is 1. The van der Waals surface area contributed by atoms with E-state index in [4.69, 9.17) is 10.5 Å². The van der Waals surface area contributed by atoms with Crippen molar-refractivity contribution in [2.75, 3.05) is 12.8 Å². The van der Waals surface area contributed by atoms with Gasteiger partial charge in [0.2, 0.25) is 11.8 Å². The number of hydrogen-bond acceptors (Lipinski definition) is 4. The molecule has 0 radical (unpaired) electrons. The fourth-order valence-electron chi connectivity index (χ4n) is 2.03. The van der Waals surface area contributed by atoms with Gasteiger partial charge in [0.1, 0.15) is 0 Å². The summed E-state index contributed by atoms with van der Waals surface area (Å²) in [6, 6.07) is 11.3. The average Bonchev–Trinajstić information content (AvgIpc) is 2.51. The molecule has 1 amide bonds. The van der Waals surface area contributed by atoms with Crippen molar-refractivity contribution in [2.24, 2.45) is 0 Å². The van der Waals surface area contributed by atoms with Crippen LogP contribution in [0.25, 0.3) is 0 Å². The van der Waals surface area contributed by atoms with Gasteiger partial charge in [-0.1, -0.05) is 18.2 Å². The maximum Gasteiger partial charge on any atom is 0.220 e. The fraction of sp³-hybridized carbons (Fsp3) is 0.250. The Labute approximate surface area is 124 Å². The van der Waals surface area contributed by atoms with Gasteiger partial charge in [-0.2, -0.15) is 0 Å². The molecule has 0 atom stereocenters. The highest BCUT2D eigenvalue weighted by molar-refractivity contribution is 5.76. The summed E-state index contributed by atoms with van der Waals surface area (Å²) in [7, 11) is 1.56. The van der Waals surface area contributed by atoms with Crippen LogP contribution >= 0.6 is 0 Å². The van der Waals surface area contributed by atoms with Crippen molar-refractivity contribution in [1.82, 2.24) is 10.3 Å². The number of carbonyl (C=O) groups is 1. The van der Waals surface area contributed by atoms with Crippen LogP contribution in [0.4, 0.5) is 5.69 Å². The molecule has 0 saturated carbocycles. The lowest BCUT2D eigenvalue weighted by molar-refractivity contribution is -0.121. The van der Waals surface area contributed by atoms with Crippen LogP contribution in [0.15, 0.2) is 42.6 Å². The largest absolute Gasteiger partial charge is 0.481 e. The zero-order chi connectivity index (χ0) is 15.1. The first-order valence-electron chi connectivity index (χ1n) is 6.78. The van der Waals surface area contributed by atoms with Crippen LogP contribution < -0.4 is 15.8 Å². The average molecular weight is 285 g/mol. The number of ether oxygens (including phenoxy) is 1. The topological polar surface area (TPSA) is 77.2 Å². The molecule has 2 aromatic rings. The molecule has 1 aromatic carbocycles. The minimum Gasteiger partial charge on any atom is -0.481 e. The van der Waals surface area contributed by atoms with Crippen LogP contribution in [-0.4, -0.2) is 18.0 Å². The van der Waals surface area contributed by atoms with E-state index in [9.17, 15) is 4.79 Å². The third-order valence-electron chi connectivity index (χ3n) is 3.11. The highest BCUT2D eigenvalue weighted by Gasteiger charge is 2.06. The molecule has 0 aliphatic heterocycles. The molecule has 0 aliphatic rings. The van der Waals surface area contributed by atoms with Gasteiger partial charge in [0.05, 0.1) is 7.11 Å². The second kappa shape index (κ2) is 7.28. The molecular formula is C16H19N3O2. The summed E-state index contributed by atoms with van der Waals surface area (Å²) >= 11 is 0. The van der Waals surface area contributed by atoms with E-state index < -0.39 is 0 Å². The molecule has 5 nitrogen and oxygen atoms in total. The van der Waals surface area contributed by atoms with E-state index in [1.54, 1.807) is 13.3 Å². The second-order valence-electron chi connectivity index (χ2n) is 4.69. The van der Waals surface area contributed by atoms with Gasteiger partial charge in [0.25, 0.3) is 0 Å². The van der Waals surface area contributed by atoms with Crippen LogP contribution in [-0.2, 0) is 17.8 Å². The van der Waals surface area contributed by atoms with Crippen LogP contribution in [0.1, 0.15) is 17.5 Å². The number of nitrogens with zero attached hydrogens (tertiary/aromatic N) is 1. The van der Waals surface area contributed by atoms with Crippen molar-refractivity contribution in [1.29, 1.82) is 0 Å². The lowest BCUT2D eigenvalue weighted by atomic mass is 10.1. The lowest BCUT2D eigenvalue weighted by Crippen LogP contribution is -2.23. The maximum atomic E-state index is 11.9. The molecule has 0 aliphatic carbocycles. The predicted molar refractivity (Wildman–Crippen MR) is 81.8 cm³/mol. The molecule has 1 heterocycles. The number of rotatable bonds is 6. The summed E-state index contributed by atoms with van der Waals surface area (Å²) < 4.78 is 5.14. The van der Waals surface area contributed by atoms with Crippen molar-refractivity contribution < 1.29 is 9.53 Å². The highest BCUT2D eigenvalue weighted by atomic mass is 16.5. The molecule has 0 spiro atoms. The predicted octanol–water partition coefficient (Wildman–Crippen LogP) is 1.92. The molecule has 3 N–H and O–H groups in total. The van der Waals surface area contributed by atoms with Crippen molar-refractivity contribution in [3.05, 3.63) is 53.7 Å². The highest BCUT2D eigenvalue weighted by Crippen LogP contribution is 2.13. The van der Waals surface area contributed by atoms with Crippen LogP contribution in [0.3, 0.4) is 0 Å². The number of benzene rings is 1. The molecule has 1 aromatic heterocycles. The number of carbonyl (C=O) groups excluding carboxylic acids is 1. The van der Waals surface area contributed by atoms with Crippen LogP contribution in [0.5, 0.6) is 5.88 Å². The zero-order valence-electron chi connectivity index (χ0n) is 12.0. The standard InChI is InChI=1S/C16H19N3O2/c1-21-16-13(5-3-9-18-16)11-19-15(20)8-7-12-4-2-6-14(17)10-12/h2-6,9-10H,7-8,11,17H2,1H3,(H,19,20). The van der Waals surface area contributed by atoms with E-state index in [1.807, 2.05) is 36.4 Å². The number of aryl methyl sites for hydroxylation is 1. The molecule has 0 unspecified atom stereocenters. The SMILES string of the molecule is COc1ncccc1CNC(=O)CCc1cccc(N)c1. The molecule has 2 rings (SSSR count). The minimum atomic E-state index is -0.0108. The van der Waals surface area contributed by atoms with E-state index in [-0.39, 0.29) is 5.91 Å². The first-order chi connectivity index (χ1) is 10.2. The summed E-state index contributed by atoms with van der Waals surface area (Å²) in [4.78, 5) is 16.0. The number of nitrogen functional groups attached to an aromatic ring is 1. The van der Waals surface area contributed by atoms with E-state index in [2.05, 4.69) is 10.3 Å². The normalized spacial score (nSPS) is 10.1. The van der Waals surface area contributed by atoms with Gasteiger partial charge in [-0.05, 0) is 30.2 Å². The van der Waals surface area contributed by atoms with E-state index in [0.717, 1.165) is 11.1 Å². The summed E-state index contributed by atoms with van der Waals surface area (Å²) in [6.45, 7) is 0.409. The Morgan fingerprint density at radius 1 is 1.33 bits per heavy atom. The Bertz CT molecular complexity index is 614. The fourth-order valence-corrected chi connectivity index (χ4v) is 2.03. The first-order valence-corrected chi connectivity index (χ1v) is 6.78. The Hall–Kier alpha value is -2.56. The number of anilines is 1. The molecule has 5 heteroatoms. The summed E-state index contributed by atoms with van der Waals surface area (Å²) in [5.41, 5.74) is 8.34. The van der Waals surface area contributed by atoms with E-state index >= 15 is 0 Å². The molecule has 0 fully saturated rings. The third-order valence-corrected chi connectivity index (χ3v) is 3.11. The number of aromatic nitrogens is 1. The monoisotopic (exact) mass is 285 g/mol. The Morgan fingerprint density at radius 3 is 2.95 bits per heavy atom. The van der Waals surface area contributed by atoms with E-state index in [1.165, 1.54) is 0 Å². The Balaban J connectivity index is 1.82. The van der Waals surface area contributed by atoms with Crippen molar-refractivity contribution in [3.8, 4) is 5.88 Å². The van der Waals surface area contributed by atoms with Crippen LogP contribution in [0.2, 0.25) is 0 Å². The van der Waals surface area contributed by atoms with Gasteiger partial charge in [-0.3, -0.25) is 4.79 Å². The summed E-state index contributed by atoms with van der Waals surface area (Å²) in [6.07, 6.45) is 2.75. The van der Waals surface area contributed by atoms with Crippen molar-refractivity contribution in [2.45, 2.75) is 19.4 Å². The van der Waals surface area contributed by atoms with Crippen molar-refractivity contribution in [3.63, 3.8) is 0 Å². The Kier molecular flexibility index (Phi) is 5.15. The zero-order valence-corrected chi connectivity index (χ0v) is 12.0. The number of nitrogens with two attached hydrogens (primary N) is 1. The van der Waals surface area contributed by atoms with Gasteiger partial charge >= 0.3 is 0 Å². The summed E-state index contributed by atoms with van der Waals surface area (Å²) in [5.74, 6) is 0.525. The quantitative estimate of drug-likeness (QED) is 0.795. The van der Waals surface area contributed by atoms with Crippen LogP contribution in [0, 0.1) is 0 Å². The molecular weight excluding hydrogens is 266 g/mol. The molecule has 0 saturated heterocycles. The number of methoxy groups -OCH3 is 1. The minimum absolute atomic E-state index is 0.0108. The molecule has 0 bridgehead atoms. The van der Waals surface area contributed by atoms with Gasteiger partial charge < -0.3 is 15.8 Å².